The fourth-order valence-electron chi connectivity index (χ4n) is 2.32. The maximum absolute atomic E-state index is 12.0. The Labute approximate surface area is 145 Å². The van der Waals surface area contributed by atoms with Crippen LogP contribution >= 0.6 is 11.6 Å². The molecule has 0 aromatic heterocycles. The summed E-state index contributed by atoms with van der Waals surface area (Å²) in [6.07, 6.45) is 10.5. The topological polar surface area (TPSA) is 38.3 Å². The van der Waals surface area contributed by atoms with Gasteiger partial charge in [-0.1, -0.05) is 29.7 Å². The van der Waals surface area contributed by atoms with E-state index in [-0.39, 0.29) is 5.91 Å². The Balaban J connectivity index is 1.69. The normalized spacial score (nSPS) is 12.8. The molecule has 118 valence electrons. The zero-order valence-electron chi connectivity index (χ0n) is 12.8. The number of benzene rings is 2. The molecule has 24 heavy (non-hydrogen) atoms. The molecule has 1 aliphatic heterocycles. The maximum atomic E-state index is 12.0. The molecule has 0 fully saturated rings. The Morgan fingerprint density at radius 2 is 2.17 bits per heavy atom. The van der Waals surface area contributed by atoms with Crippen molar-refractivity contribution >= 4 is 29.3 Å². The minimum absolute atomic E-state index is 0.234. The number of amides is 1. The molecule has 4 heteroatoms. The van der Waals surface area contributed by atoms with E-state index in [9.17, 15) is 4.79 Å². The maximum Gasteiger partial charge on any atom is 0.248 e. The zero-order chi connectivity index (χ0) is 16.9. The van der Waals surface area contributed by atoms with Crippen LogP contribution in [0.4, 0.5) is 5.69 Å². The highest BCUT2D eigenvalue weighted by molar-refractivity contribution is 6.30. The quantitative estimate of drug-likeness (QED) is 0.671. The number of nitrogens with one attached hydrogen (secondary N) is 1. The summed E-state index contributed by atoms with van der Waals surface area (Å²) in [5.74, 6) is 3.08. The third-order valence-electron chi connectivity index (χ3n) is 3.45. The first-order valence-electron chi connectivity index (χ1n) is 7.33. The summed E-state index contributed by atoms with van der Waals surface area (Å²) in [6, 6.07) is 12.6. The van der Waals surface area contributed by atoms with Gasteiger partial charge in [0.15, 0.2) is 0 Å². The van der Waals surface area contributed by atoms with Gasteiger partial charge >= 0.3 is 0 Å². The number of hydrogen-bond acceptors (Lipinski definition) is 2. The monoisotopic (exact) mass is 335 g/mol. The van der Waals surface area contributed by atoms with Gasteiger partial charge in [-0.15, -0.1) is 6.42 Å². The van der Waals surface area contributed by atoms with Crippen LogP contribution in [-0.4, -0.2) is 12.5 Å². The molecule has 0 bridgehead atoms. The summed E-state index contributed by atoms with van der Waals surface area (Å²) >= 11 is 5.99. The van der Waals surface area contributed by atoms with E-state index < -0.39 is 0 Å². The van der Waals surface area contributed by atoms with Crippen LogP contribution in [-0.2, 0) is 4.79 Å². The standard InChI is InChI=1S/C20H14ClNO2/c1-2-14-4-3-5-18(11-14)22-20(23)9-6-15-10-16-12-17(21)7-8-19(16)24-13-15/h1,3-12H,13H2,(H,22,23)/b9-6+. The van der Waals surface area contributed by atoms with Crippen LogP contribution in [0.2, 0.25) is 5.02 Å². The molecule has 1 N–H and O–H groups in total. The van der Waals surface area contributed by atoms with Crippen molar-refractivity contribution in [3.8, 4) is 18.1 Å². The molecule has 3 rings (SSSR count). The molecule has 1 amide bonds. The van der Waals surface area contributed by atoms with Gasteiger partial charge in [0.2, 0.25) is 5.91 Å². The number of carbonyl (C=O) groups is 1. The van der Waals surface area contributed by atoms with Crippen molar-refractivity contribution in [2.45, 2.75) is 0 Å². The molecule has 3 nitrogen and oxygen atoms in total. The van der Waals surface area contributed by atoms with Gasteiger partial charge in [-0.25, -0.2) is 0 Å². The van der Waals surface area contributed by atoms with Gasteiger partial charge in [0, 0.05) is 27.9 Å². The van der Waals surface area contributed by atoms with Crippen molar-refractivity contribution in [2.24, 2.45) is 0 Å². The Bertz CT molecular complexity index is 891. The minimum atomic E-state index is -0.234. The fourth-order valence-corrected chi connectivity index (χ4v) is 2.50. The van der Waals surface area contributed by atoms with Crippen LogP contribution < -0.4 is 10.1 Å². The lowest BCUT2D eigenvalue weighted by atomic mass is 10.1. The van der Waals surface area contributed by atoms with Gasteiger partial charge in [-0.05, 0) is 48.0 Å². The first-order valence-corrected chi connectivity index (χ1v) is 7.70. The molecule has 0 unspecified atom stereocenters. The summed E-state index contributed by atoms with van der Waals surface area (Å²) in [5, 5.41) is 3.42. The second-order valence-corrected chi connectivity index (χ2v) is 5.67. The highest BCUT2D eigenvalue weighted by Crippen LogP contribution is 2.29. The van der Waals surface area contributed by atoms with Crippen LogP contribution in [0.1, 0.15) is 11.1 Å². The van der Waals surface area contributed by atoms with Crippen LogP contribution in [0.25, 0.3) is 6.08 Å². The highest BCUT2D eigenvalue weighted by Gasteiger charge is 2.10. The minimum Gasteiger partial charge on any atom is -0.488 e. The Morgan fingerprint density at radius 1 is 1.29 bits per heavy atom. The summed E-state index contributed by atoms with van der Waals surface area (Å²) in [5.41, 5.74) is 3.16. The van der Waals surface area contributed by atoms with E-state index in [1.807, 2.05) is 18.2 Å². The third-order valence-corrected chi connectivity index (χ3v) is 3.69. The van der Waals surface area contributed by atoms with Crippen molar-refractivity contribution in [1.82, 2.24) is 0 Å². The fraction of sp³-hybridized carbons (Fsp3) is 0.0500. The smallest absolute Gasteiger partial charge is 0.248 e. The number of terminal acetylenes is 1. The molecular formula is C20H14ClNO2. The molecule has 0 spiro atoms. The molecule has 1 aliphatic rings. The zero-order valence-corrected chi connectivity index (χ0v) is 13.5. The van der Waals surface area contributed by atoms with Crippen molar-refractivity contribution in [2.75, 3.05) is 11.9 Å². The Hall–Kier alpha value is -2.96. The second kappa shape index (κ2) is 7.08. The molecule has 0 saturated carbocycles. The lowest BCUT2D eigenvalue weighted by Crippen LogP contribution is -2.09. The number of hydrogen-bond donors (Lipinski definition) is 1. The van der Waals surface area contributed by atoms with E-state index in [4.69, 9.17) is 22.8 Å². The van der Waals surface area contributed by atoms with Gasteiger partial charge in [-0.2, -0.15) is 0 Å². The SMILES string of the molecule is C#Cc1cccc(NC(=O)/C=C/C2=Cc3cc(Cl)ccc3OC2)c1. The lowest BCUT2D eigenvalue weighted by molar-refractivity contribution is -0.111. The summed E-state index contributed by atoms with van der Waals surface area (Å²) in [6.45, 7) is 0.408. The van der Waals surface area contributed by atoms with Crippen LogP contribution in [0.3, 0.4) is 0 Å². The van der Waals surface area contributed by atoms with Crippen molar-refractivity contribution < 1.29 is 9.53 Å². The number of anilines is 1. The van der Waals surface area contributed by atoms with Crippen molar-refractivity contribution in [3.63, 3.8) is 0 Å². The summed E-state index contributed by atoms with van der Waals surface area (Å²) in [7, 11) is 0. The molecule has 2 aromatic rings. The average Bonchev–Trinajstić information content (AvgIpc) is 2.59. The molecule has 1 heterocycles. The average molecular weight is 336 g/mol. The lowest BCUT2D eigenvalue weighted by Gasteiger charge is -2.16. The third kappa shape index (κ3) is 3.87. The van der Waals surface area contributed by atoms with Gasteiger partial charge in [0.05, 0.1) is 0 Å². The van der Waals surface area contributed by atoms with Crippen molar-refractivity contribution in [1.29, 1.82) is 0 Å². The number of carbonyl (C=O) groups excluding carboxylic acids is 1. The molecule has 0 aliphatic carbocycles. The van der Waals surface area contributed by atoms with E-state index in [0.29, 0.717) is 22.9 Å². The van der Waals surface area contributed by atoms with Crippen LogP contribution in [0.15, 0.2) is 60.2 Å². The Morgan fingerprint density at radius 3 is 3.00 bits per heavy atom. The van der Waals surface area contributed by atoms with E-state index in [0.717, 1.165) is 16.9 Å². The predicted octanol–water partition coefficient (Wildman–Crippen LogP) is 4.29. The summed E-state index contributed by atoms with van der Waals surface area (Å²) in [4.78, 5) is 12.0. The predicted molar refractivity (Wildman–Crippen MR) is 97.1 cm³/mol. The van der Waals surface area contributed by atoms with Crippen LogP contribution in [0.5, 0.6) is 5.75 Å². The molecular weight excluding hydrogens is 322 g/mol. The number of halogens is 1. The highest BCUT2D eigenvalue weighted by atomic mass is 35.5. The van der Waals surface area contributed by atoms with Crippen molar-refractivity contribution in [3.05, 3.63) is 76.3 Å². The van der Waals surface area contributed by atoms with E-state index in [2.05, 4.69) is 11.2 Å². The number of rotatable bonds is 3. The van der Waals surface area contributed by atoms with Gasteiger partial charge in [0.25, 0.3) is 0 Å². The van der Waals surface area contributed by atoms with Gasteiger partial charge in [-0.3, -0.25) is 4.79 Å². The Kier molecular flexibility index (Phi) is 4.69. The number of ether oxygens (including phenoxy) is 1. The van der Waals surface area contributed by atoms with Crippen LogP contribution in [0, 0.1) is 12.3 Å². The van der Waals surface area contributed by atoms with E-state index >= 15 is 0 Å². The molecule has 0 radical (unpaired) electrons. The number of fused-ring (bicyclic) bond motifs is 1. The second-order valence-electron chi connectivity index (χ2n) is 5.24. The van der Waals surface area contributed by atoms with Gasteiger partial charge < -0.3 is 10.1 Å². The molecule has 2 aromatic carbocycles. The van der Waals surface area contributed by atoms with E-state index in [1.165, 1.54) is 6.08 Å². The van der Waals surface area contributed by atoms with Gasteiger partial charge in [0.1, 0.15) is 12.4 Å². The molecule has 0 atom stereocenters. The van der Waals surface area contributed by atoms with E-state index in [1.54, 1.807) is 36.4 Å². The first-order chi connectivity index (χ1) is 11.6. The largest absolute Gasteiger partial charge is 0.488 e. The first kappa shape index (κ1) is 15.9. The summed E-state index contributed by atoms with van der Waals surface area (Å²) < 4.78 is 5.64. The molecule has 0 saturated heterocycles.